The highest BCUT2D eigenvalue weighted by molar-refractivity contribution is 7.98. The zero-order valence-electron chi connectivity index (χ0n) is 14.0. The molecule has 0 heterocycles. The van der Waals surface area contributed by atoms with E-state index in [1.54, 1.807) is 36.0 Å². The average Bonchev–Trinajstić information content (AvgIpc) is 2.72. The van der Waals surface area contributed by atoms with Crippen molar-refractivity contribution in [3.63, 3.8) is 0 Å². The lowest BCUT2D eigenvalue weighted by Gasteiger charge is -2.07. The average molecular weight is 362 g/mol. The van der Waals surface area contributed by atoms with Gasteiger partial charge in [0.2, 0.25) is 0 Å². The SMILES string of the molecule is N/C(=N/OC(=O)c1ccccc1SCc1ccccc1)c1ccccc1. The predicted molar refractivity (Wildman–Crippen MR) is 105 cm³/mol. The Kier molecular flexibility index (Phi) is 6.06. The van der Waals surface area contributed by atoms with E-state index in [4.69, 9.17) is 10.6 Å². The minimum absolute atomic E-state index is 0.161. The van der Waals surface area contributed by atoms with E-state index in [1.807, 2.05) is 48.5 Å². The molecule has 0 fully saturated rings. The van der Waals surface area contributed by atoms with Gasteiger partial charge in [0, 0.05) is 16.2 Å². The quantitative estimate of drug-likeness (QED) is 0.231. The Morgan fingerprint density at radius 3 is 2.23 bits per heavy atom. The van der Waals surface area contributed by atoms with Gasteiger partial charge < -0.3 is 10.6 Å². The van der Waals surface area contributed by atoms with Crippen LogP contribution in [0.1, 0.15) is 21.5 Å². The molecule has 0 amide bonds. The Morgan fingerprint density at radius 1 is 0.885 bits per heavy atom. The van der Waals surface area contributed by atoms with Gasteiger partial charge in [-0.3, -0.25) is 0 Å². The molecule has 2 N–H and O–H groups in total. The standard InChI is InChI=1S/C21H18N2O2S/c22-20(17-11-5-2-6-12-17)23-25-21(24)18-13-7-8-14-19(18)26-15-16-9-3-1-4-10-16/h1-14H,15H2,(H2,22,23). The van der Waals surface area contributed by atoms with Crippen LogP contribution in [-0.2, 0) is 10.6 Å². The molecule has 0 unspecified atom stereocenters. The summed E-state index contributed by atoms with van der Waals surface area (Å²) in [6.45, 7) is 0. The van der Waals surface area contributed by atoms with Gasteiger partial charge >= 0.3 is 5.97 Å². The maximum atomic E-state index is 12.4. The van der Waals surface area contributed by atoms with E-state index in [0.717, 1.165) is 10.6 Å². The van der Waals surface area contributed by atoms with Crippen LogP contribution in [0.3, 0.4) is 0 Å². The summed E-state index contributed by atoms with van der Waals surface area (Å²) in [7, 11) is 0. The van der Waals surface area contributed by atoms with Crippen molar-refractivity contribution in [3.05, 3.63) is 102 Å². The Balaban J connectivity index is 1.69. The highest BCUT2D eigenvalue weighted by atomic mass is 32.2. The molecule has 0 radical (unpaired) electrons. The number of carbonyl (C=O) groups is 1. The second-order valence-electron chi connectivity index (χ2n) is 5.49. The fourth-order valence-electron chi connectivity index (χ4n) is 2.30. The van der Waals surface area contributed by atoms with E-state index < -0.39 is 5.97 Å². The van der Waals surface area contributed by atoms with Gasteiger partial charge in [0.05, 0.1) is 5.56 Å². The molecule has 0 bridgehead atoms. The molecule has 0 aliphatic heterocycles. The van der Waals surface area contributed by atoms with Crippen LogP contribution in [0.5, 0.6) is 0 Å². The van der Waals surface area contributed by atoms with E-state index >= 15 is 0 Å². The Morgan fingerprint density at radius 2 is 1.50 bits per heavy atom. The van der Waals surface area contributed by atoms with Crippen LogP contribution in [0.25, 0.3) is 0 Å². The molecule has 0 saturated heterocycles. The molecule has 4 nitrogen and oxygen atoms in total. The van der Waals surface area contributed by atoms with Crippen molar-refractivity contribution >= 4 is 23.6 Å². The molecule has 130 valence electrons. The van der Waals surface area contributed by atoms with Crippen molar-refractivity contribution in [2.75, 3.05) is 0 Å². The smallest absolute Gasteiger partial charge is 0.366 e. The number of thioether (sulfide) groups is 1. The molecule has 0 spiro atoms. The number of nitrogens with two attached hydrogens (primary N) is 1. The zero-order valence-corrected chi connectivity index (χ0v) is 14.9. The molecular formula is C21H18N2O2S. The number of benzene rings is 3. The Bertz CT molecular complexity index is 896. The van der Waals surface area contributed by atoms with Crippen LogP contribution < -0.4 is 5.73 Å². The lowest BCUT2D eigenvalue weighted by atomic mass is 10.2. The first-order valence-corrected chi connectivity index (χ1v) is 9.08. The van der Waals surface area contributed by atoms with Crippen molar-refractivity contribution < 1.29 is 9.63 Å². The zero-order chi connectivity index (χ0) is 18.2. The minimum Gasteiger partial charge on any atom is -0.380 e. The number of rotatable bonds is 6. The third-order valence-corrected chi connectivity index (χ3v) is 4.79. The summed E-state index contributed by atoms with van der Waals surface area (Å²) < 4.78 is 0. The predicted octanol–water partition coefficient (Wildman–Crippen LogP) is 4.46. The number of hydrogen-bond donors (Lipinski definition) is 1. The van der Waals surface area contributed by atoms with Crippen molar-refractivity contribution in [2.45, 2.75) is 10.6 Å². The van der Waals surface area contributed by atoms with Crippen LogP contribution in [0, 0.1) is 0 Å². The van der Waals surface area contributed by atoms with Crippen LogP contribution in [0.2, 0.25) is 0 Å². The van der Waals surface area contributed by atoms with Gasteiger partial charge in [-0.1, -0.05) is 78.0 Å². The van der Waals surface area contributed by atoms with Gasteiger partial charge in [-0.25, -0.2) is 4.79 Å². The molecule has 0 aliphatic rings. The first kappa shape index (κ1) is 17.8. The first-order chi connectivity index (χ1) is 12.7. The van der Waals surface area contributed by atoms with Crippen molar-refractivity contribution in [3.8, 4) is 0 Å². The van der Waals surface area contributed by atoms with Crippen molar-refractivity contribution in [2.24, 2.45) is 10.9 Å². The maximum absolute atomic E-state index is 12.4. The normalized spacial score (nSPS) is 11.2. The highest BCUT2D eigenvalue weighted by Crippen LogP contribution is 2.26. The number of hydrogen-bond acceptors (Lipinski definition) is 4. The molecule has 0 aliphatic carbocycles. The summed E-state index contributed by atoms with van der Waals surface area (Å²) in [5.41, 5.74) is 8.22. The van der Waals surface area contributed by atoms with Gasteiger partial charge in [-0.2, -0.15) is 0 Å². The van der Waals surface area contributed by atoms with Crippen LogP contribution >= 0.6 is 11.8 Å². The number of nitrogens with zero attached hydrogens (tertiary/aromatic N) is 1. The second-order valence-corrected chi connectivity index (χ2v) is 6.51. The van der Waals surface area contributed by atoms with Gasteiger partial charge in [0.25, 0.3) is 0 Å². The molecule has 0 atom stereocenters. The summed E-state index contributed by atoms with van der Waals surface area (Å²) >= 11 is 1.58. The van der Waals surface area contributed by atoms with Crippen LogP contribution in [0.15, 0.2) is 95.0 Å². The largest absolute Gasteiger partial charge is 0.380 e. The van der Waals surface area contributed by atoms with Crippen molar-refractivity contribution in [1.29, 1.82) is 0 Å². The van der Waals surface area contributed by atoms with E-state index in [-0.39, 0.29) is 5.84 Å². The fourth-order valence-corrected chi connectivity index (χ4v) is 3.29. The van der Waals surface area contributed by atoms with E-state index in [2.05, 4.69) is 17.3 Å². The summed E-state index contributed by atoms with van der Waals surface area (Å²) in [6.07, 6.45) is 0. The van der Waals surface area contributed by atoms with Gasteiger partial charge in [-0.15, -0.1) is 11.8 Å². The molecule has 0 saturated carbocycles. The lowest BCUT2D eigenvalue weighted by Crippen LogP contribution is -2.15. The highest BCUT2D eigenvalue weighted by Gasteiger charge is 2.13. The third-order valence-electron chi connectivity index (χ3n) is 3.64. The first-order valence-electron chi connectivity index (χ1n) is 8.10. The van der Waals surface area contributed by atoms with E-state index in [9.17, 15) is 4.79 Å². The Labute approximate surface area is 156 Å². The van der Waals surface area contributed by atoms with E-state index in [1.165, 1.54) is 5.56 Å². The van der Waals surface area contributed by atoms with Crippen LogP contribution in [0.4, 0.5) is 0 Å². The topological polar surface area (TPSA) is 64.7 Å². The minimum atomic E-state index is -0.528. The van der Waals surface area contributed by atoms with Gasteiger partial charge in [-0.05, 0) is 17.7 Å². The number of carbonyl (C=O) groups excluding carboxylic acids is 1. The van der Waals surface area contributed by atoms with Gasteiger partial charge in [0.1, 0.15) is 0 Å². The molecule has 0 aromatic heterocycles. The summed E-state index contributed by atoms with van der Waals surface area (Å²) in [5, 5.41) is 3.77. The molecule has 3 rings (SSSR count). The van der Waals surface area contributed by atoms with E-state index in [0.29, 0.717) is 11.1 Å². The Hall–Kier alpha value is -3.05. The summed E-state index contributed by atoms with van der Waals surface area (Å²) in [6, 6.07) is 26.6. The van der Waals surface area contributed by atoms with Gasteiger partial charge in [0.15, 0.2) is 5.84 Å². The molecule has 26 heavy (non-hydrogen) atoms. The monoisotopic (exact) mass is 362 g/mol. The molecule has 3 aromatic carbocycles. The molecule has 3 aromatic rings. The summed E-state index contributed by atoms with van der Waals surface area (Å²) in [4.78, 5) is 18.3. The van der Waals surface area contributed by atoms with Crippen LogP contribution in [-0.4, -0.2) is 11.8 Å². The fraction of sp³-hybridized carbons (Fsp3) is 0.0476. The molecular weight excluding hydrogens is 344 g/mol. The summed E-state index contributed by atoms with van der Waals surface area (Å²) in [5.74, 6) is 0.397. The molecule has 5 heteroatoms. The number of oxime groups is 1. The third kappa shape index (κ3) is 4.74. The van der Waals surface area contributed by atoms with Crippen molar-refractivity contribution in [1.82, 2.24) is 0 Å². The maximum Gasteiger partial charge on any atom is 0.366 e. The lowest BCUT2D eigenvalue weighted by molar-refractivity contribution is 0.0512. The number of amidine groups is 1. The second kappa shape index (κ2) is 8.87.